The van der Waals surface area contributed by atoms with Gasteiger partial charge in [-0.3, -0.25) is 4.79 Å². The Hall–Kier alpha value is -1.18. The summed E-state index contributed by atoms with van der Waals surface area (Å²) in [7, 11) is 0. The molecule has 0 aliphatic heterocycles. The van der Waals surface area contributed by atoms with Crippen molar-refractivity contribution in [2.45, 2.75) is 57.8 Å². The molecule has 0 heterocycles. The van der Waals surface area contributed by atoms with E-state index in [4.69, 9.17) is 2.74 Å². The highest BCUT2D eigenvalue weighted by atomic mass is 16.1. The van der Waals surface area contributed by atoms with Crippen molar-refractivity contribution in [2.75, 3.05) is 0 Å². The highest BCUT2D eigenvalue weighted by Crippen LogP contribution is 2.08. The molecule has 1 atom stereocenters. The van der Waals surface area contributed by atoms with Crippen LogP contribution in [0.3, 0.4) is 0 Å². The van der Waals surface area contributed by atoms with Crippen molar-refractivity contribution >= 4 is 12.5 Å². The summed E-state index contributed by atoms with van der Waals surface area (Å²) in [4.78, 5) is 20.5. The van der Waals surface area contributed by atoms with E-state index in [0.29, 0.717) is 6.42 Å². The summed E-state index contributed by atoms with van der Waals surface area (Å²) in [5.74, 6) is 0. The van der Waals surface area contributed by atoms with E-state index in [-0.39, 0.29) is 0 Å². The van der Waals surface area contributed by atoms with Crippen molar-refractivity contribution in [3.8, 4) is 0 Å². The van der Waals surface area contributed by atoms with Crippen LogP contribution in [-0.2, 0) is 9.59 Å². The topological polar surface area (TPSA) is 34.1 Å². The highest BCUT2D eigenvalue weighted by molar-refractivity contribution is 5.64. The molecule has 0 N–H and O–H groups in total. The molecule has 0 aliphatic rings. The number of rotatable bonds is 12. The number of hydrogen-bond donors (Lipinski definition) is 0. The Morgan fingerprint density at radius 1 is 0.824 bits per heavy atom. The summed E-state index contributed by atoms with van der Waals surface area (Å²) >= 11 is 0. The second-order valence-corrected chi connectivity index (χ2v) is 3.94. The van der Waals surface area contributed by atoms with Crippen molar-refractivity contribution in [1.82, 2.24) is 0 Å². The second-order valence-electron chi connectivity index (χ2n) is 3.94. The number of carbonyl (C=O) groups excluding carboxylic acids is 2. The third kappa shape index (κ3) is 14.8. The van der Waals surface area contributed by atoms with E-state index in [1.165, 1.54) is 19.3 Å². The van der Waals surface area contributed by atoms with Crippen LogP contribution in [0.1, 0.15) is 60.5 Å². The fraction of sp³-hybridized carbons (Fsp3) is 0.600. The van der Waals surface area contributed by atoms with E-state index in [9.17, 15) is 9.59 Å². The lowest BCUT2D eigenvalue weighted by molar-refractivity contribution is -0.107. The SMILES string of the molecule is [3H]C(=O)C([3H])CC=CCCCCCCCC=CC=O. The number of unbranched alkanes of at least 4 members (excludes halogenated alkanes) is 6. The molecule has 0 aliphatic carbocycles. The highest BCUT2D eigenvalue weighted by Gasteiger charge is 1.88. The van der Waals surface area contributed by atoms with Gasteiger partial charge in [-0.1, -0.05) is 37.5 Å². The van der Waals surface area contributed by atoms with Crippen LogP contribution in [0.2, 0.25) is 0 Å². The summed E-state index contributed by atoms with van der Waals surface area (Å²) in [6.07, 6.45) is 14.5. The fourth-order valence-corrected chi connectivity index (χ4v) is 1.54. The van der Waals surface area contributed by atoms with Crippen LogP contribution in [0.15, 0.2) is 24.3 Å². The van der Waals surface area contributed by atoms with Gasteiger partial charge in [-0.25, -0.2) is 0 Å². The molecule has 0 amide bonds. The molecule has 0 aromatic heterocycles. The molecule has 2 heteroatoms. The molecule has 17 heavy (non-hydrogen) atoms. The van der Waals surface area contributed by atoms with Crippen LogP contribution >= 0.6 is 0 Å². The van der Waals surface area contributed by atoms with Gasteiger partial charge in [0.15, 0.2) is 0 Å². The molecule has 0 aromatic carbocycles. The minimum absolute atomic E-state index is 0.353. The van der Waals surface area contributed by atoms with Crippen molar-refractivity contribution in [3.63, 3.8) is 0 Å². The zero-order valence-corrected chi connectivity index (χ0v) is 10.4. The molecule has 0 spiro atoms. The maximum Gasteiger partial charge on any atom is 0.142 e. The molecule has 1 unspecified atom stereocenters. The number of carbonyl (C=O) groups is 2. The van der Waals surface area contributed by atoms with Crippen LogP contribution in [0.25, 0.3) is 0 Å². The van der Waals surface area contributed by atoms with E-state index >= 15 is 0 Å². The molecule has 0 bridgehead atoms. The van der Waals surface area contributed by atoms with Gasteiger partial charge in [0.25, 0.3) is 0 Å². The number of allylic oxidation sites excluding steroid dienone is 4. The van der Waals surface area contributed by atoms with Gasteiger partial charge in [-0.2, -0.15) is 0 Å². The number of hydrogen-bond acceptors (Lipinski definition) is 2. The maximum atomic E-state index is 10.5. The summed E-state index contributed by atoms with van der Waals surface area (Å²) in [6, 6.07) is 0. The molecule has 96 valence electrons. The summed E-state index contributed by atoms with van der Waals surface area (Å²) in [6.45, 7) is 0. The molecular formula is C15H24O2. The van der Waals surface area contributed by atoms with Crippen molar-refractivity contribution in [2.24, 2.45) is 0 Å². The first-order valence-electron chi connectivity index (χ1n) is 7.44. The van der Waals surface area contributed by atoms with Crippen LogP contribution < -0.4 is 0 Å². The van der Waals surface area contributed by atoms with Crippen molar-refractivity contribution < 1.29 is 12.3 Å². The maximum absolute atomic E-state index is 10.5. The predicted molar refractivity (Wildman–Crippen MR) is 72.0 cm³/mol. The molecule has 0 rings (SSSR count). The molecule has 0 saturated carbocycles. The first-order chi connectivity index (χ1) is 9.18. The standard InChI is InChI=1S/C15H24O2/c16-14-12-10-8-6-4-2-1-3-5-7-9-11-13-15-17/h6,8,11,13-15H,1-5,7,9-10,12H2/i12T,14T. The monoisotopic (exact) mass is 240 g/mol. The molecule has 2 nitrogen and oxygen atoms in total. The zero-order valence-electron chi connectivity index (χ0n) is 12.4. The first-order valence-corrected chi connectivity index (χ1v) is 6.36. The zero-order chi connectivity index (χ0) is 14.3. The van der Waals surface area contributed by atoms with E-state index < -0.39 is 12.7 Å². The molecular weight excluding hydrogens is 212 g/mol. The quantitative estimate of drug-likeness (QED) is 0.223. The fourth-order valence-electron chi connectivity index (χ4n) is 1.54. The number of aldehydes is 2. The van der Waals surface area contributed by atoms with Crippen molar-refractivity contribution in [1.29, 1.82) is 0 Å². The van der Waals surface area contributed by atoms with Gasteiger partial charge in [0.1, 0.15) is 13.9 Å². The second kappa shape index (κ2) is 14.8. The van der Waals surface area contributed by atoms with E-state index in [1.54, 1.807) is 6.08 Å². The molecule has 0 aromatic rings. The van der Waals surface area contributed by atoms with Gasteiger partial charge in [-0.15, -0.1) is 0 Å². The Bertz CT molecular complexity index is 299. The Balaban J connectivity index is 3.26. The Labute approximate surface area is 108 Å². The largest absolute Gasteiger partial charge is 0.303 e. The van der Waals surface area contributed by atoms with Crippen LogP contribution in [0.4, 0.5) is 0 Å². The summed E-state index contributed by atoms with van der Waals surface area (Å²) < 4.78 is 14.0. The predicted octanol–water partition coefficient (Wildman–Crippen LogP) is 4.01. The van der Waals surface area contributed by atoms with Crippen LogP contribution in [0, 0.1) is 0 Å². The lowest BCUT2D eigenvalue weighted by atomic mass is 10.1. The van der Waals surface area contributed by atoms with Gasteiger partial charge >= 0.3 is 0 Å². The minimum atomic E-state index is -0.921. The lowest BCUT2D eigenvalue weighted by Crippen LogP contribution is -1.78. The van der Waals surface area contributed by atoms with Gasteiger partial charge < -0.3 is 4.79 Å². The molecule has 0 fully saturated rings. The molecule has 0 radical (unpaired) electrons. The third-order valence-electron chi connectivity index (χ3n) is 2.46. The summed E-state index contributed by atoms with van der Waals surface area (Å²) in [5, 5.41) is 0. The Morgan fingerprint density at radius 3 is 2.06 bits per heavy atom. The summed E-state index contributed by atoms with van der Waals surface area (Å²) in [5.41, 5.74) is 0. The lowest BCUT2D eigenvalue weighted by Gasteiger charge is -1.97. The van der Waals surface area contributed by atoms with E-state index in [2.05, 4.69) is 0 Å². The molecule has 0 saturated heterocycles. The Kier molecular flexibility index (Phi) is 10.7. The van der Waals surface area contributed by atoms with Gasteiger partial charge in [-0.05, 0) is 38.2 Å². The normalized spacial score (nSPS) is 14.8. The minimum Gasteiger partial charge on any atom is -0.303 e. The third-order valence-corrected chi connectivity index (χ3v) is 2.46. The van der Waals surface area contributed by atoms with Crippen molar-refractivity contribution in [3.05, 3.63) is 24.3 Å². The van der Waals surface area contributed by atoms with Gasteiger partial charge in [0.2, 0.25) is 0 Å². The Morgan fingerprint density at radius 2 is 1.41 bits per heavy atom. The van der Waals surface area contributed by atoms with Crippen LogP contribution in [0.5, 0.6) is 0 Å². The van der Waals surface area contributed by atoms with Gasteiger partial charge in [0, 0.05) is 7.77 Å². The van der Waals surface area contributed by atoms with E-state index in [1.807, 2.05) is 18.2 Å². The van der Waals surface area contributed by atoms with E-state index in [0.717, 1.165) is 32.0 Å². The van der Waals surface area contributed by atoms with Gasteiger partial charge in [0.05, 0.1) is 0 Å². The average molecular weight is 240 g/mol. The smallest absolute Gasteiger partial charge is 0.142 e. The van der Waals surface area contributed by atoms with Crippen LogP contribution in [-0.4, -0.2) is 12.5 Å². The first kappa shape index (κ1) is 12.3. The average Bonchev–Trinajstić information content (AvgIpc) is 2.39.